The van der Waals surface area contributed by atoms with Crippen LogP contribution in [0.15, 0.2) is 0 Å². The molecule has 0 aliphatic heterocycles. The number of carbonyl (C=O) groups is 1. The number of quaternary nitrogens is 1. The van der Waals surface area contributed by atoms with Gasteiger partial charge in [-0.15, -0.1) is 0 Å². The third kappa shape index (κ3) is 23.6. The minimum atomic E-state index is -4.81. The maximum absolute atomic E-state index is 11.9. The highest BCUT2D eigenvalue weighted by Crippen LogP contribution is 2.15. The molecule has 0 saturated heterocycles. The zero-order valence-corrected chi connectivity index (χ0v) is 19.5. The topological polar surface area (TPSA) is 140 Å². The molecule has 0 aliphatic carbocycles. The van der Waals surface area contributed by atoms with Gasteiger partial charge in [0.1, 0.15) is 5.78 Å². The summed E-state index contributed by atoms with van der Waals surface area (Å²) < 4.78 is 36.2. The first-order chi connectivity index (χ1) is 13.4. The van der Waals surface area contributed by atoms with E-state index in [1.54, 1.807) is 0 Å². The second-order valence-corrected chi connectivity index (χ2v) is 8.72. The van der Waals surface area contributed by atoms with Crippen LogP contribution < -0.4 is 6.15 Å². The molecule has 0 fully saturated rings. The molecule has 0 bridgehead atoms. The first-order valence-electron chi connectivity index (χ1n) is 11.2. The van der Waals surface area contributed by atoms with Crippen LogP contribution in [0, 0.1) is 0 Å². The van der Waals surface area contributed by atoms with Gasteiger partial charge in [0.2, 0.25) is 10.4 Å². The lowest BCUT2D eigenvalue weighted by Crippen LogP contribution is -2.20. The van der Waals surface area contributed by atoms with Crippen molar-refractivity contribution in [3.05, 3.63) is 0 Å². The first-order valence-corrected chi connectivity index (χ1v) is 12.5. The number of Topliss-reactive ketones (excluding diaryl/α,β-unsaturated/α-hetero) is 1. The van der Waals surface area contributed by atoms with Gasteiger partial charge in [-0.3, -0.25) is 8.98 Å². The number of ketones is 1. The Bertz CT molecular complexity index is 470. The van der Waals surface area contributed by atoms with E-state index in [0.717, 1.165) is 19.3 Å². The molecule has 29 heavy (non-hydrogen) atoms. The van der Waals surface area contributed by atoms with Crippen LogP contribution in [0.4, 0.5) is 0 Å². The third-order valence-corrected chi connectivity index (χ3v) is 5.52. The maximum atomic E-state index is 11.9. The van der Waals surface area contributed by atoms with E-state index in [4.69, 9.17) is 5.11 Å². The molecule has 0 amide bonds. The van der Waals surface area contributed by atoms with Crippen LogP contribution in [0.25, 0.3) is 0 Å². The second-order valence-electron chi connectivity index (χ2n) is 7.71. The fraction of sp³-hybridized carbons (Fsp3) is 0.952. The minimum absolute atomic E-state index is 0. The average Bonchev–Trinajstić information content (AvgIpc) is 2.62. The zero-order chi connectivity index (χ0) is 21.1. The number of hydrogen-bond acceptors (Lipinski definition) is 6. The number of rotatable bonds is 21. The van der Waals surface area contributed by atoms with Crippen LogP contribution in [0.1, 0.15) is 116 Å². The summed E-state index contributed by atoms with van der Waals surface area (Å²) in [6.45, 7) is 1.96. The molecule has 0 aliphatic rings. The van der Waals surface area contributed by atoms with Gasteiger partial charge in [0, 0.05) is 19.4 Å². The molecule has 0 heterocycles. The third-order valence-electron chi connectivity index (χ3n) is 5.01. The second kappa shape index (κ2) is 20.7. The van der Waals surface area contributed by atoms with Gasteiger partial charge in [-0.1, -0.05) is 84.0 Å². The lowest BCUT2D eigenvalue weighted by molar-refractivity contribution is -0.119. The number of carbonyl (C=O) groups excluding carboxylic acids is 1. The molecule has 5 N–H and O–H groups in total. The summed E-state index contributed by atoms with van der Waals surface area (Å²) in [4.78, 5) is 11.9. The summed E-state index contributed by atoms with van der Waals surface area (Å²) >= 11 is 0. The summed E-state index contributed by atoms with van der Waals surface area (Å²) in [5, 5.41) is 8.87. The summed E-state index contributed by atoms with van der Waals surface area (Å²) in [6.07, 6.45) is 16.2. The van der Waals surface area contributed by atoms with Gasteiger partial charge in [-0.2, -0.15) is 0 Å². The average molecular weight is 440 g/mol. The molecule has 0 spiro atoms. The van der Waals surface area contributed by atoms with Crippen LogP contribution in [-0.2, 0) is 19.4 Å². The maximum Gasteiger partial charge on any atom is 0.217 e. The van der Waals surface area contributed by atoms with E-state index in [9.17, 15) is 17.8 Å². The van der Waals surface area contributed by atoms with E-state index >= 15 is 0 Å². The first kappa shape index (κ1) is 30.7. The molecule has 176 valence electrons. The van der Waals surface area contributed by atoms with Gasteiger partial charge in [0.15, 0.2) is 0 Å². The summed E-state index contributed by atoms with van der Waals surface area (Å²) in [5.74, 6) is 0.0536. The normalized spacial score (nSPS) is 12.5. The lowest BCUT2D eigenvalue weighted by Gasteiger charge is -2.18. The van der Waals surface area contributed by atoms with Gasteiger partial charge >= 0.3 is 0 Å². The Hall–Kier alpha value is -0.540. The van der Waals surface area contributed by atoms with Gasteiger partial charge in [0.05, 0.1) is 6.10 Å². The van der Waals surface area contributed by atoms with Gasteiger partial charge in [-0.25, -0.2) is 8.42 Å². The Balaban J connectivity index is 0. The molecule has 7 nitrogen and oxygen atoms in total. The van der Waals surface area contributed by atoms with Crippen molar-refractivity contribution >= 4 is 16.2 Å². The van der Waals surface area contributed by atoms with Crippen LogP contribution in [0.2, 0.25) is 0 Å². The van der Waals surface area contributed by atoms with Crippen LogP contribution in [-0.4, -0.2) is 36.6 Å². The fourth-order valence-corrected chi connectivity index (χ4v) is 3.86. The fourth-order valence-electron chi connectivity index (χ4n) is 3.34. The number of unbranched alkanes of at least 4 members (excludes halogenated alkanes) is 12. The Morgan fingerprint density at radius 3 is 1.69 bits per heavy atom. The smallest absolute Gasteiger partial charge is 0.217 e. The summed E-state index contributed by atoms with van der Waals surface area (Å²) in [6, 6.07) is 0. The zero-order valence-electron chi connectivity index (χ0n) is 18.7. The largest absolute Gasteiger partial charge is 0.726 e. The molecule has 1 unspecified atom stereocenters. The van der Waals surface area contributed by atoms with Crippen molar-refractivity contribution in [2.75, 3.05) is 6.61 Å². The molecule has 0 aromatic rings. The molecular weight excluding hydrogens is 394 g/mol. The van der Waals surface area contributed by atoms with E-state index in [2.05, 4.69) is 11.1 Å². The molecule has 1 atom stereocenters. The van der Waals surface area contributed by atoms with Crippen LogP contribution >= 0.6 is 0 Å². The van der Waals surface area contributed by atoms with E-state index in [0.29, 0.717) is 6.42 Å². The highest BCUT2D eigenvalue weighted by atomic mass is 32.3. The molecule has 0 radical (unpaired) electrons. The molecule has 0 aromatic heterocycles. The van der Waals surface area contributed by atoms with Crippen LogP contribution in [0.5, 0.6) is 0 Å². The standard InChI is InChI=1S/C21H42O6S.H3N/c1-2-3-4-5-6-7-8-9-10-11-12-13-14-15-20(23)16-17-21(18-19-22)27-28(24,25)26;/h21-22H,2-19H2,1H3,(H,24,25,26);1H3. The highest BCUT2D eigenvalue weighted by Gasteiger charge is 2.14. The van der Waals surface area contributed by atoms with Crippen molar-refractivity contribution in [2.24, 2.45) is 0 Å². The highest BCUT2D eigenvalue weighted by molar-refractivity contribution is 7.80. The Morgan fingerprint density at radius 1 is 0.828 bits per heavy atom. The Morgan fingerprint density at radius 2 is 1.28 bits per heavy atom. The predicted molar refractivity (Wildman–Crippen MR) is 117 cm³/mol. The number of aliphatic hydroxyl groups excluding tert-OH is 1. The van der Waals surface area contributed by atoms with Gasteiger partial charge in [-0.05, 0) is 19.3 Å². The minimum Gasteiger partial charge on any atom is -0.726 e. The van der Waals surface area contributed by atoms with Crippen molar-refractivity contribution in [2.45, 2.75) is 122 Å². The van der Waals surface area contributed by atoms with E-state index in [1.165, 1.54) is 64.2 Å². The summed E-state index contributed by atoms with van der Waals surface area (Å²) in [5.41, 5.74) is 0. The van der Waals surface area contributed by atoms with E-state index < -0.39 is 16.5 Å². The SMILES string of the molecule is CCCCCCCCCCCCCCCC(=O)CCC(CCO)OS(=O)(=O)[O-].[NH4+]. The van der Waals surface area contributed by atoms with Crippen molar-refractivity contribution < 1.29 is 27.1 Å². The molecule has 0 aromatic carbocycles. The van der Waals surface area contributed by atoms with E-state index in [-0.39, 0.29) is 37.8 Å². The van der Waals surface area contributed by atoms with E-state index in [1.807, 2.05) is 0 Å². The van der Waals surface area contributed by atoms with Crippen molar-refractivity contribution in [3.63, 3.8) is 0 Å². The molecular formula is C21H45NO6S. The Kier molecular flexibility index (Phi) is 21.9. The van der Waals surface area contributed by atoms with Crippen LogP contribution in [0.3, 0.4) is 0 Å². The predicted octanol–water partition coefficient (Wildman–Crippen LogP) is 5.42. The molecule has 8 heteroatoms. The summed E-state index contributed by atoms with van der Waals surface area (Å²) in [7, 11) is -4.81. The Labute approximate surface area is 178 Å². The van der Waals surface area contributed by atoms with Crippen molar-refractivity contribution in [1.29, 1.82) is 0 Å². The quantitative estimate of drug-likeness (QED) is 0.139. The van der Waals surface area contributed by atoms with Gasteiger partial charge in [0.25, 0.3) is 0 Å². The molecule has 0 saturated carbocycles. The van der Waals surface area contributed by atoms with Crippen molar-refractivity contribution in [3.8, 4) is 0 Å². The monoisotopic (exact) mass is 439 g/mol. The molecule has 0 rings (SSSR count). The van der Waals surface area contributed by atoms with Gasteiger partial charge < -0.3 is 15.8 Å². The number of aliphatic hydroxyl groups is 1. The lowest BCUT2D eigenvalue weighted by atomic mass is 10.0. The van der Waals surface area contributed by atoms with Crippen molar-refractivity contribution in [1.82, 2.24) is 6.15 Å². The number of hydrogen-bond donors (Lipinski definition) is 2.